The van der Waals surface area contributed by atoms with Gasteiger partial charge in [0.25, 0.3) is 0 Å². The lowest BCUT2D eigenvalue weighted by Gasteiger charge is -2.19. The van der Waals surface area contributed by atoms with Gasteiger partial charge in [-0.05, 0) is 20.3 Å². The first kappa shape index (κ1) is 11.4. The highest BCUT2D eigenvalue weighted by atomic mass is 16.5. The lowest BCUT2D eigenvalue weighted by Crippen LogP contribution is -2.26. The first-order valence-corrected chi connectivity index (χ1v) is 6.26. The monoisotopic (exact) mass is 247 g/mol. The maximum atomic E-state index is 5.41. The van der Waals surface area contributed by atoms with Gasteiger partial charge in [-0.3, -0.25) is 4.40 Å². The molecule has 1 N–H and O–H groups in total. The van der Waals surface area contributed by atoms with Gasteiger partial charge in [0.1, 0.15) is 5.82 Å². The number of hydrogen-bond donors (Lipinski definition) is 1. The zero-order chi connectivity index (χ0) is 12.5. The quantitative estimate of drug-likeness (QED) is 0.884. The largest absolute Gasteiger partial charge is 0.381 e. The van der Waals surface area contributed by atoms with Crippen molar-refractivity contribution in [2.75, 3.05) is 18.5 Å². The molecule has 2 unspecified atom stereocenters. The van der Waals surface area contributed by atoms with Crippen molar-refractivity contribution >= 4 is 11.5 Å². The van der Waals surface area contributed by atoms with Crippen molar-refractivity contribution in [3.63, 3.8) is 0 Å². The van der Waals surface area contributed by atoms with Gasteiger partial charge in [0.2, 0.25) is 5.65 Å². The molecule has 18 heavy (non-hydrogen) atoms. The van der Waals surface area contributed by atoms with Crippen LogP contribution >= 0.6 is 0 Å². The molecule has 0 aromatic carbocycles. The molecular weight excluding hydrogens is 230 g/mol. The second-order valence-corrected chi connectivity index (χ2v) is 4.77. The summed E-state index contributed by atoms with van der Waals surface area (Å²) in [4.78, 5) is 4.36. The number of anilines is 1. The predicted octanol–water partition coefficient (Wildman–Crippen LogP) is 1.27. The van der Waals surface area contributed by atoms with Crippen LogP contribution in [0.25, 0.3) is 5.65 Å². The van der Waals surface area contributed by atoms with E-state index in [1.165, 1.54) is 0 Å². The fraction of sp³-hybridized carbons (Fsp3) is 0.583. The molecule has 1 aliphatic heterocycles. The normalized spacial score (nSPS) is 21.3. The third-order valence-corrected chi connectivity index (χ3v) is 3.53. The van der Waals surface area contributed by atoms with Gasteiger partial charge in [-0.1, -0.05) is 0 Å². The molecule has 1 saturated heterocycles. The van der Waals surface area contributed by atoms with Gasteiger partial charge in [-0.2, -0.15) is 0 Å². The molecule has 0 saturated carbocycles. The van der Waals surface area contributed by atoms with E-state index in [0.717, 1.165) is 36.9 Å². The lowest BCUT2D eigenvalue weighted by molar-refractivity contribution is 0.183. The predicted molar refractivity (Wildman–Crippen MR) is 67.5 cm³/mol. The van der Waals surface area contributed by atoms with Crippen molar-refractivity contribution in [3.05, 3.63) is 18.2 Å². The molecule has 0 amide bonds. The van der Waals surface area contributed by atoms with Gasteiger partial charge in [0.15, 0.2) is 5.82 Å². The average molecular weight is 247 g/mol. The summed E-state index contributed by atoms with van der Waals surface area (Å²) in [5.74, 6) is 2.20. The van der Waals surface area contributed by atoms with Crippen LogP contribution in [0.2, 0.25) is 0 Å². The molecule has 2 aromatic rings. The third kappa shape index (κ3) is 1.92. The summed E-state index contributed by atoms with van der Waals surface area (Å²) in [7, 11) is 0. The average Bonchev–Trinajstić information content (AvgIpc) is 3.00. The number of ether oxygens (including phenoxy) is 1. The zero-order valence-electron chi connectivity index (χ0n) is 10.6. The summed E-state index contributed by atoms with van der Waals surface area (Å²) in [5, 5.41) is 11.6. The standard InChI is InChI=1S/C12H17N5O/c1-8(10-3-6-18-7-10)14-11-12-16-15-9(2)17(12)5-4-13-11/h4-5,8,10H,3,6-7H2,1-2H3,(H,13,14). The molecule has 3 rings (SSSR count). The van der Waals surface area contributed by atoms with Crippen molar-refractivity contribution < 1.29 is 4.74 Å². The minimum atomic E-state index is 0.322. The number of nitrogens with one attached hydrogen (secondary N) is 1. The summed E-state index contributed by atoms with van der Waals surface area (Å²) >= 11 is 0. The molecule has 2 aromatic heterocycles. The molecular formula is C12H17N5O. The second kappa shape index (κ2) is 4.53. The molecule has 0 spiro atoms. The van der Waals surface area contributed by atoms with E-state index < -0.39 is 0 Å². The number of rotatable bonds is 3. The SMILES string of the molecule is Cc1nnc2c(NC(C)C3CCOC3)nccn12. The molecule has 3 heterocycles. The highest BCUT2D eigenvalue weighted by molar-refractivity contribution is 5.62. The van der Waals surface area contributed by atoms with E-state index in [1.54, 1.807) is 6.20 Å². The molecule has 0 bridgehead atoms. The van der Waals surface area contributed by atoms with Crippen LogP contribution in [-0.2, 0) is 4.74 Å². The zero-order valence-corrected chi connectivity index (χ0v) is 10.6. The smallest absolute Gasteiger partial charge is 0.203 e. The van der Waals surface area contributed by atoms with E-state index in [-0.39, 0.29) is 0 Å². The summed E-state index contributed by atoms with van der Waals surface area (Å²) in [6, 6.07) is 0.322. The Balaban J connectivity index is 1.85. The van der Waals surface area contributed by atoms with E-state index in [9.17, 15) is 0 Å². The van der Waals surface area contributed by atoms with Crippen molar-refractivity contribution in [1.82, 2.24) is 19.6 Å². The minimum Gasteiger partial charge on any atom is -0.381 e. The fourth-order valence-electron chi connectivity index (χ4n) is 2.32. The molecule has 1 aliphatic rings. The molecule has 2 atom stereocenters. The van der Waals surface area contributed by atoms with Gasteiger partial charge in [-0.15, -0.1) is 10.2 Å². The third-order valence-electron chi connectivity index (χ3n) is 3.53. The highest BCUT2D eigenvalue weighted by Gasteiger charge is 2.23. The van der Waals surface area contributed by atoms with Crippen LogP contribution in [0.4, 0.5) is 5.82 Å². The minimum absolute atomic E-state index is 0.322. The summed E-state index contributed by atoms with van der Waals surface area (Å²) in [5.41, 5.74) is 0.778. The van der Waals surface area contributed by atoms with Gasteiger partial charge in [0, 0.05) is 31.0 Å². The van der Waals surface area contributed by atoms with E-state index in [2.05, 4.69) is 27.4 Å². The van der Waals surface area contributed by atoms with Gasteiger partial charge >= 0.3 is 0 Å². The van der Waals surface area contributed by atoms with Gasteiger partial charge < -0.3 is 10.1 Å². The first-order valence-electron chi connectivity index (χ1n) is 6.26. The highest BCUT2D eigenvalue weighted by Crippen LogP contribution is 2.21. The Labute approximate surface area is 105 Å². The molecule has 96 valence electrons. The summed E-state index contributed by atoms with van der Waals surface area (Å²) in [6.07, 6.45) is 4.74. The van der Waals surface area contributed by atoms with E-state index in [4.69, 9.17) is 4.74 Å². The lowest BCUT2D eigenvalue weighted by atomic mass is 10.0. The Kier molecular flexibility index (Phi) is 2.87. The number of hydrogen-bond acceptors (Lipinski definition) is 5. The van der Waals surface area contributed by atoms with Crippen LogP contribution in [0.15, 0.2) is 12.4 Å². The Bertz CT molecular complexity index is 546. The van der Waals surface area contributed by atoms with Crippen LogP contribution in [-0.4, -0.2) is 38.8 Å². The summed E-state index contributed by atoms with van der Waals surface area (Å²) in [6.45, 7) is 5.77. The van der Waals surface area contributed by atoms with Gasteiger partial charge in [-0.25, -0.2) is 4.98 Å². The second-order valence-electron chi connectivity index (χ2n) is 4.77. The molecule has 0 radical (unpaired) electrons. The Morgan fingerprint density at radius 2 is 2.39 bits per heavy atom. The van der Waals surface area contributed by atoms with Crippen LogP contribution in [0.1, 0.15) is 19.2 Å². The van der Waals surface area contributed by atoms with Gasteiger partial charge in [0.05, 0.1) is 6.61 Å². The Hall–Kier alpha value is -1.69. The number of aromatic nitrogens is 4. The molecule has 0 aliphatic carbocycles. The molecule has 6 heteroatoms. The van der Waals surface area contributed by atoms with Crippen molar-refractivity contribution in [2.24, 2.45) is 5.92 Å². The molecule has 1 fully saturated rings. The first-order chi connectivity index (χ1) is 8.75. The van der Waals surface area contributed by atoms with Crippen LogP contribution < -0.4 is 5.32 Å². The molecule has 6 nitrogen and oxygen atoms in total. The maximum absolute atomic E-state index is 5.41. The number of fused-ring (bicyclic) bond motifs is 1. The van der Waals surface area contributed by atoms with E-state index in [1.807, 2.05) is 17.5 Å². The Morgan fingerprint density at radius 3 is 3.17 bits per heavy atom. The van der Waals surface area contributed by atoms with E-state index in [0.29, 0.717) is 12.0 Å². The number of nitrogens with zero attached hydrogens (tertiary/aromatic N) is 4. The Morgan fingerprint density at radius 1 is 1.50 bits per heavy atom. The van der Waals surface area contributed by atoms with E-state index >= 15 is 0 Å². The fourth-order valence-corrected chi connectivity index (χ4v) is 2.32. The van der Waals surface area contributed by atoms with Crippen LogP contribution in [0, 0.1) is 12.8 Å². The summed E-state index contributed by atoms with van der Waals surface area (Å²) < 4.78 is 7.35. The topological polar surface area (TPSA) is 64.3 Å². The van der Waals surface area contributed by atoms with Crippen LogP contribution in [0.5, 0.6) is 0 Å². The van der Waals surface area contributed by atoms with Crippen molar-refractivity contribution in [2.45, 2.75) is 26.3 Å². The van der Waals surface area contributed by atoms with Crippen molar-refractivity contribution in [3.8, 4) is 0 Å². The van der Waals surface area contributed by atoms with Crippen LogP contribution in [0.3, 0.4) is 0 Å². The number of aryl methyl sites for hydroxylation is 1. The maximum Gasteiger partial charge on any atom is 0.203 e. The van der Waals surface area contributed by atoms with Crippen molar-refractivity contribution in [1.29, 1.82) is 0 Å².